The predicted octanol–water partition coefficient (Wildman–Crippen LogP) is 3.61. The van der Waals surface area contributed by atoms with Crippen LogP contribution in [0.2, 0.25) is 0 Å². The first-order valence-corrected chi connectivity index (χ1v) is 8.31. The average molecular weight is 313 g/mol. The molecule has 2 aromatic rings. The van der Waals surface area contributed by atoms with E-state index < -0.39 is 6.17 Å². The number of thiophene rings is 1. The molecule has 0 aromatic carbocycles. The summed E-state index contributed by atoms with van der Waals surface area (Å²) in [4.78, 5) is 22.0. The van der Waals surface area contributed by atoms with Crippen molar-refractivity contribution in [3.63, 3.8) is 0 Å². The zero-order valence-electron chi connectivity index (χ0n) is 11.9. The number of carbonyl (C=O) groups excluding carboxylic acids is 1. The Bertz CT molecular complexity index is 722. The Morgan fingerprint density at radius 1 is 1.32 bits per heavy atom. The summed E-state index contributed by atoms with van der Waals surface area (Å²) >= 11 is 1.58. The third-order valence-corrected chi connectivity index (χ3v) is 4.97. The zero-order chi connectivity index (χ0) is 14.9. The molecule has 4 rings (SSSR count). The Hall–Kier alpha value is -2.15. The Morgan fingerprint density at radius 2 is 2.18 bits per heavy atom. The molecule has 1 fully saturated rings. The molecule has 3 heterocycles. The van der Waals surface area contributed by atoms with E-state index >= 15 is 0 Å². The summed E-state index contributed by atoms with van der Waals surface area (Å²) < 4.78 is 0. The number of amides is 1. The van der Waals surface area contributed by atoms with Gasteiger partial charge in [-0.05, 0) is 24.3 Å². The molecule has 1 amide bonds. The van der Waals surface area contributed by atoms with Gasteiger partial charge in [0.1, 0.15) is 0 Å². The van der Waals surface area contributed by atoms with Crippen molar-refractivity contribution in [3.05, 3.63) is 29.3 Å². The highest BCUT2D eigenvalue weighted by Crippen LogP contribution is 2.34. The maximum absolute atomic E-state index is 12.2. The second kappa shape index (κ2) is 5.57. The van der Waals surface area contributed by atoms with Crippen LogP contribution in [0.15, 0.2) is 33.9 Å². The third kappa shape index (κ3) is 2.41. The fourth-order valence-electron chi connectivity index (χ4n) is 2.90. The Balaban J connectivity index is 1.53. The van der Waals surface area contributed by atoms with Crippen molar-refractivity contribution in [2.75, 3.05) is 0 Å². The van der Waals surface area contributed by atoms with Crippen LogP contribution in [0.3, 0.4) is 0 Å². The van der Waals surface area contributed by atoms with Gasteiger partial charge < -0.3 is 5.32 Å². The van der Waals surface area contributed by atoms with Crippen molar-refractivity contribution >= 4 is 23.1 Å². The number of azo groups is 1. The minimum Gasteiger partial charge on any atom is -0.329 e. The van der Waals surface area contributed by atoms with Crippen molar-refractivity contribution in [3.8, 4) is 10.7 Å². The molecule has 1 saturated carbocycles. The molecule has 2 aliphatic rings. The fourth-order valence-corrected chi connectivity index (χ4v) is 3.57. The topological polar surface area (TPSA) is 79.6 Å². The molecule has 0 spiro atoms. The summed E-state index contributed by atoms with van der Waals surface area (Å²) in [6.45, 7) is 0. The minimum atomic E-state index is -0.444. The highest BCUT2D eigenvalue weighted by Gasteiger charge is 2.29. The van der Waals surface area contributed by atoms with Gasteiger partial charge in [0, 0.05) is 12.1 Å². The van der Waals surface area contributed by atoms with Gasteiger partial charge in [0.25, 0.3) is 0 Å². The van der Waals surface area contributed by atoms with Gasteiger partial charge in [-0.1, -0.05) is 18.9 Å². The third-order valence-electron chi connectivity index (χ3n) is 4.10. The number of carbonyl (C=O) groups is 1. The van der Waals surface area contributed by atoms with E-state index in [0.717, 1.165) is 36.1 Å². The Morgan fingerprint density at radius 3 is 2.95 bits per heavy atom. The highest BCUT2D eigenvalue weighted by atomic mass is 32.1. The largest absolute Gasteiger partial charge is 0.329 e. The van der Waals surface area contributed by atoms with E-state index in [0.29, 0.717) is 11.6 Å². The molecule has 22 heavy (non-hydrogen) atoms. The molecule has 1 aliphatic carbocycles. The summed E-state index contributed by atoms with van der Waals surface area (Å²) in [7, 11) is 0. The lowest BCUT2D eigenvalue weighted by molar-refractivity contribution is -0.125. The van der Waals surface area contributed by atoms with Crippen molar-refractivity contribution in [2.45, 2.75) is 31.8 Å². The summed E-state index contributed by atoms with van der Waals surface area (Å²) in [5.41, 5.74) is 0.770. The van der Waals surface area contributed by atoms with E-state index in [9.17, 15) is 4.79 Å². The van der Waals surface area contributed by atoms with Crippen LogP contribution in [-0.4, -0.2) is 15.9 Å². The average Bonchev–Trinajstić information content (AvgIpc) is 3.29. The smallest absolute Gasteiger partial charge is 0.225 e. The Labute approximate surface area is 131 Å². The van der Waals surface area contributed by atoms with Gasteiger partial charge in [0.15, 0.2) is 17.8 Å². The van der Waals surface area contributed by atoms with Crippen LogP contribution in [0.1, 0.15) is 37.4 Å². The molecule has 7 heteroatoms. The van der Waals surface area contributed by atoms with Crippen molar-refractivity contribution < 1.29 is 4.79 Å². The molecular formula is C15H15N5OS. The van der Waals surface area contributed by atoms with Crippen LogP contribution in [0, 0.1) is 5.92 Å². The van der Waals surface area contributed by atoms with Gasteiger partial charge in [0.05, 0.1) is 10.4 Å². The van der Waals surface area contributed by atoms with Gasteiger partial charge in [-0.3, -0.25) is 4.79 Å². The predicted molar refractivity (Wildman–Crippen MR) is 82.7 cm³/mol. The second-order valence-electron chi connectivity index (χ2n) is 5.56. The minimum absolute atomic E-state index is 0.0663. The van der Waals surface area contributed by atoms with E-state index in [2.05, 4.69) is 25.5 Å². The molecule has 0 bridgehead atoms. The summed E-state index contributed by atoms with van der Waals surface area (Å²) in [5.74, 6) is 1.38. The normalized spacial score (nSPS) is 20.3. The SMILES string of the molecule is O=C(NC1N=Nc2nc(-c3cccs3)ncc21)C1CCCC1. The van der Waals surface area contributed by atoms with E-state index in [1.807, 2.05) is 17.5 Å². The quantitative estimate of drug-likeness (QED) is 0.940. The molecule has 0 radical (unpaired) electrons. The van der Waals surface area contributed by atoms with Gasteiger partial charge in [-0.15, -0.1) is 16.5 Å². The first-order valence-electron chi connectivity index (χ1n) is 7.43. The number of hydrogen-bond acceptors (Lipinski definition) is 6. The number of fused-ring (bicyclic) bond motifs is 1. The highest BCUT2D eigenvalue weighted by molar-refractivity contribution is 7.13. The van der Waals surface area contributed by atoms with E-state index in [4.69, 9.17) is 0 Å². The fraction of sp³-hybridized carbons (Fsp3) is 0.400. The van der Waals surface area contributed by atoms with E-state index in [1.54, 1.807) is 17.5 Å². The van der Waals surface area contributed by atoms with Crippen LogP contribution in [0.25, 0.3) is 10.7 Å². The van der Waals surface area contributed by atoms with Crippen LogP contribution >= 0.6 is 11.3 Å². The lowest BCUT2D eigenvalue weighted by Gasteiger charge is -2.13. The van der Waals surface area contributed by atoms with E-state index in [1.165, 1.54) is 0 Å². The monoisotopic (exact) mass is 313 g/mol. The molecule has 112 valence electrons. The maximum atomic E-state index is 12.2. The zero-order valence-corrected chi connectivity index (χ0v) is 12.7. The molecule has 1 aliphatic heterocycles. The Kier molecular flexibility index (Phi) is 3.42. The molecular weight excluding hydrogens is 298 g/mol. The summed E-state index contributed by atoms with van der Waals surface area (Å²) in [5, 5.41) is 13.2. The van der Waals surface area contributed by atoms with Gasteiger partial charge >= 0.3 is 0 Å². The first kappa shape index (κ1) is 13.5. The molecule has 2 aromatic heterocycles. The number of nitrogens with zero attached hydrogens (tertiary/aromatic N) is 4. The maximum Gasteiger partial charge on any atom is 0.225 e. The second-order valence-corrected chi connectivity index (χ2v) is 6.51. The lowest BCUT2D eigenvalue weighted by Crippen LogP contribution is -2.31. The number of hydrogen-bond donors (Lipinski definition) is 1. The van der Waals surface area contributed by atoms with Crippen LogP contribution in [-0.2, 0) is 4.79 Å². The number of rotatable bonds is 3. The van der Waals surface area contributed by atoms with Crippen LogP contribution in [0.5, 0.6) is 0 Å². The number of nitrogens with one attached hydrogen (secondary N) is 1. The van der Waals surface area contributed by atoms with Crippen LogP contribution < -0.4 is 5.32 Å². The van der Waals surface area contributed by atoms with Crippen molar-refractivity contribution in [1.29, 1.82) is 0 Å². The lowest BCUT2D eigenvalue weighted by atomic mass is 10.1. The van der Waals surface area contributed by atoms with Gasteiger partial charge in [-0.25, -0.2) is 9.97 Å². The number of aromatic nitrogens is 2. The summed E-state index contributed by atoms with van der Waals surface area (Å²) in [6.07, 6.45) is 5.48. The molecule has 6 nitrogen and oxygen atoms in total. The van der Waals surface area contributed by atoms with Gasteiger partial charge in [0.2, 0.25) is 5.91 Å². The molecule has 1 unspecified atom stereocenters. The van der Waals surface area contributed by atoms with Crippen molar-refractivity contribution in [2.24, 2.45) is 16.1 Å². The summed E-state index contributed by atoms with van der Waals surface area (Å²) in [6, 6.07) is 3.93. The van der Waals surface area contributed by atoms with Crippen LogP contribution in [0.4, 0.5) is 5.82 Å². The standard InChI is InChI=1S/C15H15N5OS/c21-15(9-4-1-2-5-9)18-13-10-8-16-14(11-6-3-7-22-11)17-12(10)19-20-13/h3,6-9,13H,1-2,4-5H2,(H,18,21). The molecule has 1 atom stereocenters. The van der Waals surface area contributed by atoms with Gasteiger partial charge in [-0.2, -0.15) is 5.11 Å². The molecule has 1 N–H and O–H groups in total. The molecule has 0 saturated heterocycles. The van der Waals surface area contributed by atoms with Crippen molar-refractivity contribution in [1.82, 2.24) is 15.3 Å². The van der Waals surface area contributed by atoms with E-state index in [-0.39, 0.29) is 11.8 Å². The first-order chi connectivity index (χ1) is 10.8.